The van der Waals surface area contributed by atoms with Gasteiger partial charge in [-0.1, -0.05) is 0 Å². The van der Waals surface area contributed by atoms with Gasteiger partial charge in [0.05, 0.1) is 6.54 Å². The lowest BCUT2D eigenvalue weighted by molar-refractivity contribution is -0.118. The minimum Gasteiger partial charge on any atom is -0.480 e. The molecule has 0 aromatic carbocycles. The predicted octanol–water partition coefficient (Wildman–Crippen LogP) is 0.0865. The van der Waals surface area contributed by atoms with Crippen molar-refractivity contribution in [3.8, 4) is 5.75 Å². The third kappa shape index (κ3) is 2.25. The van der Waals surface area contributed by atoms with Gasteiger partial charge in [-0.3, -0.25) is 9.69 Å². The molecule has 1 aromatic heterocycles. The number of hydrogen-bond acceptors (Lipinski definition) is 6. The van der Waals surface area contributed by atoms with E-state index in [9.17, 15) is 9.59 Å². The Balaban J connectivity index is 1.82. The number of hydrogen-bond donors (Lipinski definition) is 2. The van der Waals surface area contributed by atoms with E-state index in [1.807, 2.05) is 0 Å². The van der Waals surface area contributed by atoms with Gasteiger partial charge in [-0.2, -0.15) is 0 Å². The Morgan fingerprint density at radius 2 is 2.30 bits per heavy atom. The van der Waals surface area contributed by atoms with Crippen molar-refractivity contribution in [2.24, 2.45) is 5.73 Å². The Morgan fingerprint density at radius 1 is 1.45 bits per heavy atom. The number of ether oxygens (including phenoxy) is 2. The van der Waals surface area contributed by atoms with Crippen LogP contribution in [0.4, 0.5) is 16.4 Å². The van der Waals surface area contributed by atoms with E-state index in [1.165, 1.54) is 4.90 Å². The number of carbonyl (C=O) groups excluding carboxylic acids is 2. The predicted molar refractivity (Wildman–Crippen MR) is 69.6 cm³/mol. The van der Waals surface area contributed by atoms with Crippen LogP contribution in [0.1, 0.15) is 6.42 Å². The van der Waals surface area contributed by atoms with E-state index in [-0.39, 0.29) is 18.6 Å². The third-order valence-corrected chi connectivity index (χ3v) is 3.10. The van der Waals surface area contributed by atoms with Crippen molar-refractivity contribution in [2.45, 2.75) is 12.5 Å². The molecule has 0 radical (unpaired) electrons. The molecule has 1 saturated heterocycles. The lowest BCUT2D eigenvalue weighted by Crippen LogP contribution is -2.29. The van der Waals surface area contributed by atoms with Crippen molar-refractivity contribution in [3.05, 3.63) is 12.1 Å². The molecule has 20 heavy (non-hydrogen) atoms. The number of carbonyl (C=O) groups is 2. The molecule has 0 bridgehead atoms. The molecule has 1 atom stereocenters. The van der Waals surface area contributed by atoms with Crippen molar-refractivity contribution < 1.29 is 19.1 Å². The van der Waals surface area contributed by atoms with Gasteiger partial charge in [0.25, 0.3) is 5.91 Å². The summed E-state index contributed by atoms with van der Waals surface area (Å²) < 4.78 is 10.4. The first-order valence-electron chi connectivity index (χ1n) is 6.29. The number of cyclic esters (lactones) is 1. The summed E-state index contributed by atoms with van der Waals surface area (Å²) in [5.41, 5.74) is 5.45. The van der Waals surface area contributed by atoms with Crippen LogP contribution in [0.3, 0.4) is 0 Å². The summed E-state index contributed by atoms with van der Waals surface area (Å²) in [6, 6.07) is 3.32. The minimum absolute atomic E-state index is 0.0294. The average molecular weight is 278 g/mol. The number of aromatic nitrogens is 1. The quantitative estimate of drug-likeness (QED) is 0.811. The zero-order chi connectivity index (χ0) is 14.1. The Bertz CT molecular complexity index is 562. The summed E-state index contributed by atoms with van der Waals surface area (Å²) in [4.78, 5) is 28.7. The molecule has 1 aromatic rings. The highest BCUT2D eigenvalue weighted by Gasteiger charge is 2.33. The monoisotopic (exact) mass is 278 g/mol. The van der Waals surface area contributed by atoms with Gasteiger partial charge in [-0.05, 0) is 25.1 Å². The van der Waals surface area contributed by atoms with E-state index in [0.717, 1.165) is 0 Å². The van der Waals surface area contributed by atoms with Gasteiger partial charge >= 0.3 is 6.09 Å². The topological polar surface area (TPSA) is 107 Å². The number of nitrogens with one attached hydrogen (secondary N) is 1. The molecule has 1 unspecified atom stereocenters. The molecular formula is C12H14N4O4. The van der Waals surface area contributed by atoms with Crippen molar-refractivity contribution in [1.82, 2.24) is 4.98 Å². The summed E-state index contributed by atoms with van der Waals surface area (Å²) in [6.45, 7) is 0.822. The second-order valence-electron chi connectivity index (χ2n) is 4.55. The van der Waals surface area contributed by atoms with Crippen LogP contribution < -0.4 is 20.7 Å². The maximum absolute atomic E-state index is 11.8. The standard InChI is InChI=1S/C12H14N4O4/c13-4-3-7-5-16(12(18)20-7)9-2-1-8-11(14-9)15-10(17)6-19-8/h1-2,7H,3-6,13H2,(H,14,15,17). The van der Waals surface area contributed by atoms with Gasteiger partial charge in [-0.15, -0.1) is 0 Å². The van der Waals surface area contributed by atoms with Crippen LogP contribution in [0.15, 0.2) is 12.1 Å². The van der Waals surface area contributed by atoms with Crippen molar-refractivity contribution in [3.63, 3.8) is 0 Å². The first-order chi connectivity index (χ1) is 9.67. The number of nitrogens with zero attached hydrogens (tertiary/aromatic N) is 2. The first-order valence-corrected chi connectivity index (χ1v) is 6.29. The minimum atomic E-state index is -0.459. The van der Waals surface area contributed by atoms with Gasteiger partial charge < -0.3 is 20.5 Å². The highest BCUT2D eigenvalue weighted by atomic mass is 16.6. The molecule has 2 aliphatic rings. The average Bonchev–Trinajstić information content (AvgIpc) is 2.79. The summed E-state index contributed by atoms with van der Waals surface area (Å²) in [7, 11) is 0. The van der Waals surface area contributed by atoms with Gasteiger partial charge in [0.15, 0.2) is 18.2 Å². The number of nitrogens with two attached hydrogens (primary N) is 1. The van der Waals surface area contributed by atoms with E-state index in [2.05, 4.69) is 10.3 Å². The first kappa shape index (κ1) is 12.7. The van der Waals surface area contributed by atoms with Crippen LogP contribution in [0, 0.1) is 0 Å². The zero-order valence-corrected chi connectivity index (χ0v) is 10.7. The third-order valence-electron chi connectivity index (χ3n) is 3.10. The maximum atomic E-state index is 11.8. The number of pyridine rings is 1. The Hall–Kier alpha value is -2.35. The normalized spacial score (nSPS) is 21.1. The number of fused-ring (bicyclic) bond motifs is 1. The van der Waals surface area contributed by atoms with Crippen LogP contribution >= 0.6 is 0 Å². The van der Waals surface area contributed by atoms with Crippen LogP contribution in [-0.2, 0) is 9.53 Å². The maximum Gasteiger partial charge on any atom is 0.415 e. The summed E-state index contributed by atoms with van der Waals surface area (Å²) in [5, 5.41) is 2.60. The SMILES string of the molecule is NCCC1CN(c2ccc3c(n2)NC(=O)CO3)C(=O)O1. The molecule has 2 amide bonds. The molecule has 0 spiro atoms. The van der Waals surface area contributed by atoms with Gasteiger partial charge in [0.2, 0.25) is 0 Å². The van der Waals surface area contributed by atoms with Crippen LogP contribution in [0.2, 0.25) is 0 Å². The highest BCUT2D eigenvalue weighted by Crippen LogP contribution is 2.30. The Labute approximate surface area is 114 Å². The molecule has 8 nitrogen and oxygen atoms in total. The zero-order valence-electron chi connectivity index (χ0n) is 10.7. The smallest absolute Gasteiger partial charge is 0.415 e. The molecule has 8 heteroatoms. The second kappa shape index (κ2) is 4.97. The van der Waals surface area contributed by atoms with Gasteiger partial charge in [0.1, 0.15) is 11.9 Å². The fraction of sp³-hybridized carbons (Fsp3) is 0.417. The molecule has 3 N–H and O–H groups in total. The lowest BCUT2D eigenvalue weighted by atomic mass is 10.2. The number of anilines is 2. The van der Waals surface area contributed by atoms with Crippen LogP contribution in [0.5, 0.6) is 5.75 Å². The molecule has 106 valence electrons. The van der Waals surface area contributed by atoms with Gasteiger partial charge in [-0.25, -0.2) is 9.78 Å². The molecular weight excluding hydrogens is 264 g/mol. The van der Waals surface area contributed by atoms with E-state index in [4.69, 9.17) is 15.2 Å². The fourth-order valence-corrected chi connectivity index (χ4v) is 2.15. The van der Waals surface area contributed by atoms with Crippen molar-refractivity contribution in [2.75, 3.05) is 29.9 Å². The van der Waals surface area contributed by atoms with E-state index >= 15 is 0 Å². The Kier molecular flexibility index (Phi) is 3.15. The molecule has 1 fully saturated rings. The summed E-state index contributed by atoms with van der Waals surface area (Å²) in [5.74, 6) is 0.944. The number of amides is 2. The summed E-state index contributed by atoms with van der Waals surface area (Å²) in [6.07, 6.45) is -0.0809. The van der Waals surface area contributed by atoms with Gasteiger partial charge in [0, 0.05) is 0 Å². The molecule has 3 heterocycles. The van der Waals surface area contributed by atoms with E-state index in [1.54, 1.807) is 12.1 Å². The van der Waals surface area contributed by atoms with Crippen molar-refractivity contribution >= 4 is 23.6 Å². The molecule has 3 rings (SSSR count). The molecule has 2 aliphatic heterocycles. The van der Waals surface area contributed by atoms with E-state index < -0.39 is 6.09 Å². The second-order valence-corrected chi connectivity index (χ2v) is 4.55. The molecule has 0 saturated carbocycles. The molecule has 0 aliphatic carbocycles. The van der Waals surface area contributed by atoms with E-state index in [0.29, 0.717) is 36.9 Å². The lowest BCUT2D eigenvalue weighted by Gasteiger charge is -2.19. The van der Waals surface area contributed by atoms with Crippen LogP contribution in [0.25, 0.3) is 0 Å². The highest BCUT2D eigenvalue weighted by molar-refractivity contribution is 5.95. The summed E-state index contributed by atoms with van der Waals surface area (Å²) >= 11 is 0. The number of rotatable bonds is 3. The van der Waals surface area contributed by atoms with Crippen LogP contribution in [-0.4, -0.2) is 42.8 Å². The largest absolute Gasteiger partial charge is 0.480 e. The fourth-order valence-electron chi connectivity index (χ4n) is 2.15. The van der Waals surface area contributed by atoms with Crippen molar-refractivity contribution in [1.29, 1.82) is 0 Å². The Morgan fingerprint density at radius 3 is 3.10 bits per heavy atom.